The highest BCUT2D eigenvalue weighted by molar-refractivity contribution is 5.93. The van der Waals surface area contributed by atoms with Crippen molar-refractivity contribution in [3.8, 4) is 5.75 Å². The van der Waals surface area contributed by atoms with Gasteiger partial charge in [-0.25, -0.2) is 9.48 Å². The molecule has 0 saturated carbocycles. The Balaban J connectivity index is 1.34. The van der Waals surface area contributed by atoms with Crippen LogP contribution in [0.1, 0.15) is 47.6 Å². The van der Waals surface area contributed by atoms with E-state index in [1.165, 1.54) is 0 Å². The molecule has 2 amide bonds. The number of nitrogens with one attached hydrogen (secondary N) is 1. The lowest BCUT2D eigenvalue weighted by Crippen LogP contribution is -2.47. The Hall–Kier alpha value is -3.14. The summed E-state index contributed by atoms with van der Waals surface area (Å²) in [5.41, 5.74) is 1.98. The van der Waals surface area contributed by atoms with E-state index in [-0.39, 0.29) is 30.8 Å². The molecule has 0 aliphatic carbocycles. The van der Waals surface area contributed by atoms with Gasteiger partial charge in [0.05, 0.1) is 32.6 Å². The van der Waals surface area contributed by atoms with Gasteiger partial charge in [-0.1, -0.05) is 17.3 Å². The Labute approximate surface area is 180 Å². The van der Waals surface area contributed by atoms with E-state index >= 15 is 0 Å². The van der Waals surface area contributed by atoms with E-state index in [4.69, 9.17) is 14.2 Å². The van der Waals surface area contributed by atoms with E-state index in [0.29, 0.717) is 50.5 Å². The van der Waals surface area contributed by atoms with Crippen LogP contribution in [0.15, 0.2) is 24.3 Å². The van der Waals surface area contributed by atoms with Gasteiger partial charge in [0.1, 0.15) is 11.9 Å². The van der Waals surface area contributed by atoms with Crippen LogP contribution in [0.25, 0.3) is 0 Å². The summed E-state index contributed by atoms with van der Waals surface area (Å²) in [6.45, 7) is 3.99. The van der Waals surface area contributed by atoms with Crippen LogP contribution in [-0.2, 0) is 22.6 Å². The third-order valence-corrected chi connectivity index (χ3v) is 5.66. The summed E-state index contributed by atoms with van der Waals surface area (Å²) < 4.78 is 17.9. The number of amides is 2. The summed E-state index contributed by atoms with van der Waals surface area (Å²) >= 11 is 0. The van der Waals surface area contributed by atoms with E-state index < -0.39 is 0 Å². The number of carbonyl (C=O) groups excluding carboxylic acids is 2. The monoisotopic (exact) mass is 429 g/mol. The molecule has 166 valence electrons. The number of hydrogen-bond acceptors (Lipinski definition) is 7. The highest BCUT2D eigenvalue weighted by Crippen LogP contribution is 2.28. The zero-order valence-electron chi connectivity index (χ0n) is 17.7. The smallest absolute Gasteiger partial charge is 0.409 e. The van der Waals surface area contributed by atoms with E-state index in [1.807, 2.05) is 24.3 Å². The summed E-state index contributed by atoms with van der Waals surface area (Å²) in [6, 6.07) is 7.68. The van der Waals surface area contributed by atoms with Gasteiger partial charge < -0.3 is 24.4 Å². The Kier molecular flexibility index (Phi) is 6.36. The van der Waals surface area contributed by atoms with Gasteiger partial charge in [0.25, 0.3) is 5.91 Å². The summed E-state index contributed by atoms with van der Waals surface area (Å²) in [5, 5.41) is 11.3. The molecule has 1 aromatic heterocycles. The van der Waals surface area contributed by atoms with Gasteiger partial charge in [0.15, 0.2) is 5.69 Å². The average molecular weight is 429 g/mol. The van der Waals surface area contributed by atoms with Crippen molar-refractivity contribution < 1.29 is 23.8 Å². The van der Waals surface area contributed by atoms with Gasteiger partial charge in [0, 0.05) is 19.1 Å². The average Bonchev–Trinajstić information content (AvgIpc) is 3.23. The van der Waals surface area contributed by atoms with Crippen molar-refractivity contribution >= 4 is 12.0 Å². The number of nitrogens with zero attached hydrogens (tertiary/aromatic N) is 4. The van der Waals surface area contributed by atoms with Crippen molar-refractivity contribution in [1.29, 1.82) is 0 Å². The van der Waals surface area contributed by atoms with Crippen LogP contribution in [0.4, 0.5) is 4.79 Å². The molecule has 4 rings (SSSR count). The van der Waals surface area contributed by atoms with Crippen LogP contribution in [0.3, 0.4) is 0 Å². The molecule has 2 aliphatic heterocycles. The second-order valence-electron chi connectivity index (χ2n) is 7.57. The van der Waals surface area contributed by atoms with Crippen molar-refractivity contribution in [1.82, 2.24) is 25.2 Å². The molecule has 1 atom stereocenters. The molecule has 1 fully saturated rings. The fraction of sp³-hybridized carbons (Fsp3) is 0.524. The second kappa shape index (κ2) is 9.34. The number of rotatable bonds is 5. The van der Waals surface area contributed by atoms with Crippen molar-refractivity contribution in [3.05, 3.63) is 41.2 Å². The van der Waals surface area contributed by atoms with Crippen LogP contribution in [-0.4, -0.2) is 64.7 Å². The zero-order chi connectivity index (χ0) is 21.8. The third-order valence-electron chi connectivity index (χ3n) is 5.66. The quantitative estimate of drug-likeness (QED) is 0.773. The number of ether oxygens (including phenoxy) is 3. The lowest BCUT2D eigenvalue weighted by molar-refractivity contribution is -0.00181. The fourth-order valence-electron chi connectivity index (χ4n) is 3.88. The molecular formula is C21H27N5O5. The predicted octanol–water partition coefficient (Wildman–Crippen LogP) is 1.91. The standard InChI is InChI=1S/C21H27N5O5/c1-3-30-21(28)25-10-8-15(9-11-25)22-20(27)19-17-13-31-18(12-26(17)24-23-19)14-4-6-16(29-2)7-5-14/h4-7,15,18H,3,8-13H2,1-2H3,(H,22,27)/t18-/m0/s1. The highest BCUT2D eigenvalue weighted by atomic mass is 16.6. The zero-order valence-corrected chi connectivity index (χ0v) is 17.7. The Bertz CT molecular complexity index is 921. The van der Waals surface area contributed by atoms with E-state index in [2.05, 4.69) is 15.6 Å². The maximum absolute atomic E-state index is 12.8. The predicted molar refractivity (Wildman–Crippen MR) is 110 cm³/mol. The number of carbonyl (C=O) groups is 2. The number of fused-ring (bicyclic) bond motifs is 1. The lowest BCUT2D eigenvalue weighted by Gasteiger charge is -2.31. The van der Waals surface area contributed by atoms with E-state index in [0.717, 1.165) is 11.3 Å². The minimum atomic E-state index is -0.303. The normalized spacial score (nSPS) is 18.9. The van der Waals surface area contributed by atoms with E-state index in [9.17, 15) is 9.59 Å². The fourth-order valence-corrected chi connectivity index (χ4v) is 3.88. The summed E-state index contributed by atoms with van der Waals surface area (Å²) in [7, 11) is 1.63. The van der Waals surface area contributed by atoms with Crippen LogP contribution in [0.2, 0.25) is 0 Å². The number of hydrogen-bond donors (Lipinski definition) is 1. The number of benzene rings is 1. The molecule has 0 bridgehead atoms. The summed E-state index contributed by atoms with van der Waals surface area (Å²) in [5.74, 6) is 0.524. The maximum Gasteiger partial charge on any atom is 0.409 e. The molecule has 1 saturated heterocycles. The Morgan fingerprint density at radius 1 is 1.23 bits per heavy atom. The number of likely N-dealkylation sites (tertiary alicyclic amines) is 1. The molecule has 31 heavy (non-hydrogen) atoms. The van der Waals surface area contributed by atoms with Gasteiger partial charge in [-0.15, -0.1) is 5.10 Å². The molecular weight excluding hydrogens is 402 g/mol. The van der Waals surface area contributed by atoms with Gasteiger partial charge >= 0.3 is 6.09 Å². The largest absolute Gasteiger partial charge is 0.497 e. The third kappa shape index (κ3) is 4.63. The van der Waals surface area contributed by atoms with Gasteiger partial charge in [-0.3, -0.25) is 4.79 Å². The number of methoxy groups -OCH3 is 1. The molecule has 2 aliphatic rings. The molecule has 1 aromatic carbocycles. The first-order valence-electron chi connectivity index (χ1n) is 10.5. The van der Waals surface area contributed by atoms with Gasteiger partial charge in [0.2, 0.25) is 0 Å². The van der Waals surface area contributed by atoms with Crippen LogP contribution < -0.4 is 10.1 Å². The Morgan fingerprint density at radius 3 is 2.65 bits per heavy atom. The topological polar surface area (TPSA) is 108 Å². The highest BCUT2D eigenvalue weighted by Gasteiger charge is 2.30. The van der Waals surface area contributed by atoms with E-state index in [1.54, 1.807) is 23.6 Å². The van der Waals surface area contributed by atoms with Crippen LogP contribution in [0.5, 0.6) is 5.75 Å². The molecule has 10 nitrogen and oxygen atoms in total. The van der Waals surface area contributed by atoms with Gasteiger partial charge in [-0.2, -0.15) is 0 Å². The first-order chi connectivity index (χ1) is 15.1. The summed E-state index contributed by atoms with van der Waals surface area (Å²) in [4.78, 5) is 26.3. The molecule has 0 spiro atoms. The molecule has 10 heteroatoms. The minimum absolute atomic E-state index is 0.0212. The molecule has 2 aromatic rings. The van der Waals surface area contributed by atoms with Crippen molar-refractivity contribution in [2.75, 3.05) is 26.8 Å². The molecule has 0 radical (unpaired) electrons. The first-order valence-corrected chi connectivity index (χ1v) is 10.5. The SMILES string of the molecule is CCOC(=O)N1CCC(NC(=O)c2nnn3c2CO[C@H](c2ccc(OC)cc2)C3)CC1. The van der Waals surface area contributed by atoms with Crippen molar-refractivity contribution in [2.45, 2.75) is 45.1 Å². The molecule has 1 N–H and O–H groups in total. The molecule has 3 heterocycles. The van der Waals surface area contributed by atoms with Crippen LogP contribution >= 0.6 is 0 Å². The van der Waals surface area contributed by atoms with Crippen molar-refractivity contribution in [3.63, 3.8) is 0 Å². The Morgan fingerprint density at radius 2 is 1.97 bits per heavy atom. The first kappa shape index (κ1) is 21.1. The maximum atomic E-state index is 12.8. The summed E-state index contributed by atoms with van der Waals surface area (Å²) in [6.07, 6.45) is 0.875. The second-order valence-corrected chi connectivity index (χ2v) is 7.57. The van der Waals surface area contributed by atoms with Gasteiger partial charge in [-0.05, 0) is 37.5 Å². The lowest BCUT2D eigenvalue weighted by atomic mass is 10.0. The van der Waals surface area contributed by atoms with Crippen LogP contribution in [0, 0.1) is 0 Å². The van der Waals surface area contributed by atoms with Crippen molar-refractivity contribution in [2.24, 2.45) is 0 Å². The molecule has 0 unspecified atom stereocenters. The minimum Gasteiger partial charge on any atom is -0.497 e. The number of aromatic nitrogens is 3. The number of piperidine rings is 1.